The second kappa shape index (κ2) is 6.48. The zero-order valence-electron chi connectivity index (χ0n) is 13.1. The summed E-state index contributed by atoms with van der Waals surface area (Å²) in [5, 5.41) is 9.45. The number of fused-ring (bicyclic) bond motifs is 1. The maximum Gasteiger partial charge on any atom is 0.416 e. The molecule has 2 aromatic rings. The van der Waals surface area contributed by atoms with Gasteiger partial charge in [0.25, 0.3) is 0 Å². The molecule has 3 nitrogen and oxygen atoms in total. The van der Waals surface area contributed by atoms with Gasteiger partial charge >= 0.3 is 12.1 Å². The summed E-state index contributed by atoms with van der Waals surface area (Å²) in [4.78, 5) is 13.2. The maximum atomic E-state index is 13.4. The average molecular weight is 353 g/mol. The van der Waals surface area contributed by atoms with Crippen molar-refractivity contribution in [3.63, 3.8) is 0 Å². The van der Waals surface area contributed by atoms with E-state index in [4.69, 9.17) is 0 Å². The van der Waals surface area contributed by atoms with Crippen LogP contribution in [0.3, 0.4) is 0 Å². The number of alkyl halides is 3. The Labute approximate surface area is 141 Å². The summed E-state index contributed by atoms with van der Waals surface area (Å²) in [6.45, 7) is 0.399. The van der Waals surface area contributed by atoms with Gasteiger partial charge < -0.3 is 5.11 Å². The van der Waals surface area contributed by atoms with Crippen LogP contribution in [0.25, 0.3) is 0 Å². The second-order valence-corrected chi connectivity index (χ2v) is 6.07. The quantitative estimate of drug-likeness (QED) is 0.852. The van der Waals surface area contributed by atoms with E-state index < -0.39 is 29.6 Å². The van der Waals surface area contributed by atoms with Crippen molar-refractivity contribution in [2.75, 3.05) is 0 Å². The van der Waals surface area contributed by atoms with Crippen LogP contribution >= 0.6 is 0 Å². The molecule has 0 aliphatic carbocycles. The minimum atomic E-state index is -4.41. The van der Waals surface area contributed by atoms with E-state index in [1.165, 1.54) is 24.3 Å². The zero-order chi connectivity index (χ0) is 18.2. The number of halogens is 4. The van der Waals surface area contributed by atoms with E-state index in [-0.39, 0.29) is 19.5 Å². The van der Waals surface area contributed by atoms with Gasteiger partial charge in [-0.05, 0) is 47.4 Å². The van der Waals surface area contributed by atoms with Gasteiger partial charge in [-0.3, -0.25) is 9.69 Å². The normalized spacial score (nSPS) is 18.0. The molecule has 2 aromatic carbocycles. The molecule has 1 atom stereocenters. The van der Waals surface area contributed by atoms with E-state index in [1.807, 2.05) is 0 Å². The fourth-order valence-electron chi connectivity index (χ4n) is 3.05. The number of aliphatic carboxylic acids is 1. The van der Waals surface area contributed by atoms with Gasteiger partial charge in [0.15, 0.2) is 0 Å². The Morgan fingerprint density at radius 2 is 1.80 bits per heavy atom. The van der Waals surface area contributed by atoms with Crippen molar-refractivity contribution in [3.05, 3.63) is 70.5 Å². The van der Waals surface area contributed by atoms with E-state index >= 15 is 0 Å². The Hall–Kier alpha value is -2.41. The minimum Gasteiger partial charge on any atom is -0.480 e. The number of benzene rings is 2. The summed E-state index contributed by atoms with van der Waals surface area (Å²) in [5.74, 6) is -1.41. The molecular weight excluding hydrogens is 338 g/mol. The number of carbonyl (C=O) groups is 1. The van der Waals surface area contributed by atoms with Crippen LogP contribution in [0.1, 0.15) is 22.3 Å². The molecule has 25 heavy (non-hydrogen) atoms. The zero-order valence-corrected chi connectivity index (χ0v) is 13.1. The van der Waals surface area contributed by atoms with Gasteiger partial charge in [-0.1, -0.05) is 18.2 Å². The number of carboxylic acid groups (broad SMARTS) is 1. The van der Waals surface area contributed by atoms with E-state index in [2.05, 4.69) is 0 Å². The highest BCUT2D eigenvalue weighted by molar-refractivity contribution is 5.74. The first kappa shape index (κ1) is 17.4. The largest absolute Gasteiger partial charge is 0.480 e. The van der Waals surface area contributed by atoms with Gasteiger partial charge in [-0.15, -0.1) is 0 Å². The standard InChI is InChI=1S/C18H15F4NO2/c19-15-6-3-12-8-16(17(24)25)23(10-13(12)7-15)9-11-1-4-14(5-2-11)18(20,21)22/h1-7,16H,8-10H2,(H,24,25)/t16-/m0/s1. The SMILES string of the molecule is O=C(O)[C@@H]1Cc2ccc(F)cc2CN1Cc1ccc(C(F)(F)F)cc1. The molecule has 0 spiro atoms. The summed E-state index contributed by atoms with van der Waals surface area (Å²) in [6.07, 6.45) is -4.19. The lowest BCUT2D eigenvalue weighted by Gasteiger charge is -2.34. The topological polar surface area (TPSA) is 40.5 Å². The van der Waals surface area contributed by atoms with Crippen molar-refractivity contribution in [2.45, 2.75) is 31.7 Å². The molecule has 7 heteroatoms. The van der Waals surface area contributed by atoms with Gasteiger partial charge in [0.2, 0.25) is 0 Å². The van der Waals surface area contributed by atoms with Gasteiger partial charge in [-0.2, -0.15) is 13.2 Å². The number of carboxylic acids is 1. The van der Waals surface area contributed by atoms with E-state index in [9.17, 15) is 27.5 Å². The van der Waals surface area contributed by atoms with E-state index in [0.717, 1.165) is 17.7 Å². The van der Waals surface area contributed by atoms with Gasteiger partial charge in [0.05, 0.1) is 5.56 Å². The molecule has 0 aromatic heterocycles. The third kappa shape index (κ3) is 3.82. The molecular formula is C18H15F4NO2. The number of rotatable bonds is 3. The van der Waals surface area contributed by atoms with Crippen molar-refractivity contribution < 1.29 is 27.5 Å². The summed E-state index contributed by atoms with van der Waals surface area (Å²) >= 11 is 0. The van der Waals surface area contributed by atoms with Crippen LogP contribution in [-0.4, -0.2) is 22.0 Å². The van der Waals surface area contributed by atoms with Crippen molar-refractivity contribution in [3.8, 4) is 0 Å². The van der Waals surface area contributed by atoms with Crippen LogP contribution in [0, 0.1) is 5.82 Å². The molecule has 0 unspecified atom stereocenters. The molecule has 1 heterocycles. The monoisotopic (exact) mass is 353 g/mol. The third-order valence-corrected chi connectivity index (χ3v) is 4.35. The lowest BCUT2D eigenvalue weighted by molar-refractivity contribution is -0.144. The minimum absolute atomic E-state index is 0.172. The van der Waals surface area contributed by atoms with Gasteiger partial charge in [0, 0.05) is 13.1 Å². The van der Waals surface area contributed by atoms with Crippen molar-refractivity contribution in [1.82, 2.24) is 4.90 Å². The van der Waals surface area contributed by atoms with E-state index in [0.29, 0.717) is 11.1 Å². The van der Waals surface area contributed by atoms with Crippen molar-refractivity contribution in [1.29, 1.82) is 0 Å². The number of hydrogen-bond donors (Lipinski definition) is 1. The fraction of sp³-hybridized carbons (Fsp3) is 0.278. The van der Waals surface area contributed by atoms with E-state index in [1.54, 1.807) is 11.0 Å². The first-order valence-corrected chi connectivity index (χ1v) is 7.64. The fourth-order valence-corrected chi connectivity index (χ4v) is 3.05. The van der Waals surface area contributed by atoms with Crippen LogP contribution in [0.15, 0.2) is 42.5 Å². The Kier molecular flexibility index (Phi) is 4.51. The van der Waals surface area contributed by atoms with Crippen LogP contribution in [0.4, 0.5) is 17.6 Å². The summed E-state index contributed by atoms with van der Waals surface area (Å²) in [7, 11) is 0. The predicted octanol–water partition coefficient (Wildman–Crippen LogP) is 3.86. The number of hydrogen-bond acceptors (Lipinski definition) is 2. The molecule has 132 valence electrons. The molecule has 3 rings (SSSR count). The molecule has 1 N–H and O–H groups in total. The highest BCUT2D eigenvalue weighted by Gasteiger charge is 2.32. The summed E-state index contributed by atoms with van der Waals surface area (Å²) < 4.78 is 51.3. The smallest absolute Gasteiger partial charge is 0.416 e. The molecule has 1 aliphatic heterocycles. The molecule has 0 saturated carbocycles. The van der Waals surface area contributed by atoms with Crippen LogP contribution in [0.2, 0.25) is 0 Å². The Morgan fingerprint density at radius 1 is 1.12 bits per heavy atom. The Morgan fingerprint density at radius 3 is 2.40 bits per heavy atom. The van der Waals surface area contributed by atoms with Crippen LogP contribution in [-0.2, 0) is 30.5 Å². The highest BCUT2D eigenvalue weighted by Crippen LogP contribution is 2.30. The third-order valence-electron chi connectivity index (χ3n) is 4.35. The molecule has 0 bridgehead atoms. The van der Waals surface area contributed by atoms with Crippen LogP contribution < -0.4 is 0 Å². The highest BCUT2D eigenvalue weighted by atomic mass is 19.4. The first-order chi connectivity index (χ1) is 11.7. The molecule has 0 radical (unpaired) electrons. The summed E-state index contributed by atoms with van der Waals surface area (Å²) in [6, 6.07) is 8.06. The number of nitrogens with zero attached hydrogens (tertiary/aromatic N) is 1. The van der Waals surface area contributed by atoms with Crippen LogP contribution in [0.5, 0.6) is 0 Å². The molecule has 0 amide bonds. The van der Waals surface area contributed by atoms with Crippen molar-refractivity contribution >= 4 is 5.97 Å². The second-order valence-electron chi connectivity index (χ2n) is 6.07. The lowest BCUT2D eigenvalue weighted by Crippen LogP contribution is -2.45. The molecule has 1 aliphatic rings. The Bertz CT molecular complexity index is 787. The predicted molar refractivity (Wildman–Crippen MR) is 82.2 cm³/mol. The summed E-state index contributed by atoms with van der Waals surface area (Å²) in [5.41, 5.74) is 1.29. The first-order valence-electron chi connectivity index (χ1n) is 7.64. The van der Waals surface area contributed by atoms with Gasteiger partial charge in [0.1, 0.15) is 11.9 Å². The van der Waals surface area contributed by atoms with Gasteiger partial charge in [-0.25, -0.2) is 4.39 Å². The lowest BCUT2D eigenvalue weighted by atomic mass is 9.93. The molecule has 0 fully saturated rings. The maximum absolute atomic E-state index is 13.4. The average Bonchev–Trinajstić information content (AvgIpc) is 2.53. The van der Waals surface area contributed by atoms with Crippen molar-refractivity contribution in [2.24, 2.45) is 0 Å². The Balaban J connectivity index is 1.83. The molecule has 0 saturated heterocycles.